The number of carbonyl (C=O) groups is 2. The highest BCUT2D eigenvalue weighted by atomic mass is 32.2. The molecule has 1 atom stereocenters. The fraction of sp³-hybridized carbons (Fsp3) is 0.417. The number of nitrogens with zero attached hydrogens (tertiary/aromatic N) is 2. The van der Waals surface area contributed by atoms with Gasteiger partial charge in [0.15, 0.2) is 0 Å². The Hall–Kier alpha value is -2.87. The SMILES string of the molecule is CCCCNC(=O)[C@@H](C)N(Cc1ccccc1)C(=O)CN(c1cccc(C)c1)S(C)(=O)=O. The fourth-order valence-electron chi connectivity index (χ4n) is 3.30. The average Bonchev–Trinajstić information content (AvgIpc) is 2.75. The first-order chi connectivity index (χ1) is 15.1. The van der Waals surface area contributed by atoms with E-state index in [0.29, 0.717) is 12.2 Å². The second-order valence-corrected chi connectivity index (χ2v) is 9.84. The van der Waals surface area contributed by atoms with Crippen LogP contribution in [0.15, 0.2) is 54.6 Å². The number of anilines is 1. The standard InChI is InChI=1S/C24H33N3O4S/c1-5-6-15-25-24(29)20(3)26(17-21-12-8-7-9-13-21)23(28)18-27(32(4,30)31)22-14-10-11-19(2)16-22/h7-14,16,20H,5-6,15,17-18H2,1-4H3,(H,25,29)/t20-/m1/s1. The Morgan fingerprint density at radius 1 is 1.06 bits per heavy atom. The molecule has 2 amide bonds. The van der Waals surface area contributed by atoms with Crippen molar-refractivity contribution in [2.24, 2.45) is 0 Å². The van der Waals surface area contributed by atoms with Gasteiger partial charge in [-0.2, -0.15) is 0 Å². The molecule has 32 heavy (non-hydrogen) atoms. The molecule has 2 aromatic carbocycles. The van der Waals surface area contributed by atoms with Crippen LogP contribution in [0.1, 0.15) is 37.8 Å². The van der Waals surface area contributed by atoms with Crippen LogP contribution in [0.2, 0.25) is 0 Å². The van der Waals surface area contributed by atoms with Crippen molar-refractivity contribution in [2.45, 2.75) is 46.2 Å². The van der Waals surface area contributed by atoms with Crippen molar-refractivity contribution >= 4 is 27.5 Å². The summed E-state index contributed by atoms with van der Waals surface area (Å²) >= 11 is 0. The van der Waals surface area contributed by atoms with Crippen LogP contribution in [0.5, 0.6) is 0 Å². The Balaban J connectivity index is 2.31. The maximum absolute atomic E-state index is 13.4. The fourth-order valence-corrected chi connectivity index (χ4v) is 4.14. The van der Waals surface area contributed by atoms with Crippen molar-refractivity contribution in [2.75, 3.05) is 23.7 Å². The van der Waals surface area contributed by atoms with Crippen LogP contribution < -0.4 is 9.62 Å². The lowest BCUT2D eigenvalue weighted by atomic mass is 10.1. The highest BCUT2D eigenvalue weighted by Crippen LogP contribution is 2.20. The van der Waals surface area contributed by atoms with Crippen molar-refractivity contribution in [3.05, 3.63) is 65.7 Å². The van der Waals surface area contributed by atoms with Crippen molar-refractivity contribution in [1.29, 1.82) is 0 Å². The summed E-state index contributed by atoms with van der Waals surface area (Å²) in [6.45, 7) is 5.91. The van der Waals surface area contributed by atoms with Gasteiger partial charge in [0.05, 0.1) is 11.9 Å². The van der Waals surface area contributed by atoms with E-state index < -0.39 is 22.0 Å². The van der Waals surface area contributed by atoms with E-state index in [-0.39, 0.29) is 19.0 Å². The van der Waals surface area contributed by atoms with Gasteiger partial charge < -0.3 is 10.2 Å². The summed E-state index contributed by atoms with van der Waals surface area (Å²) in [5.41, 5.74) is 2.16. The zero-order valence-corrected chi connectivity index (χ0v) is 20.1. The zero-order valence-electron chi connectivity index (χ0n) is 19.2. The van der Waals surface area contributed by atoms with E-state index in [1.165, 1.54) is 4.90 Å². The lowest BCUT2D eigenvalue weighted by Crippen LogP contribution is -2.51. The minimum absolute atomic E-state index is 0.202. The molecule has 0 spiro atoms. The molecule has 8 heteroatoms. The third-order valence-electron chi connectivity index (χ3n) is 5.16. The molecule has 2 aromatic rings. The summed E-state index contributed by atoms with van der Waals surface area (Å²) in [6, 6.07) is 15.6. The van der Waals surface area contributed by atoms with Crippen LogP contribution in [0.4, 0.5) is 5.69 Å². The van der Waals surface area contributed by atoms with E-state index in [4.69, 9.17) is 0 Å². The van der Waals surface area contributed by atoms with Crippen LogP contribution in [0, 0.1) is 6.92 Å². The Labute approximate surface area is 191 Å². The van der Waals surface area contributed by atoms with Gasteiger partial charge in [0.1, 0.15) is 12.6 Å². The smallest absolute Gasteiger partial charge is 0.244 e. The van der Waals surface area contributed by atoms with Crippen LogP contribution in [0.25, 0.3) is 0 Å². The van der Waals surface area contributed by atoms with Crippen molar-refractivity contribution in [3.63, 3.8) is 0 Å². The molecule has 0 aromatic heterocycles. The van der Waals surface area contributed by atoms with Gasteiger partial charge in [-0.3, -0.25) is 13.9 Å². The molecular weight excluding hydrogens is 426 g/mol. The monoisotopic (exact) mass is 459 g/mol. The van der Waals surface area contributed by atoms with Gasteiger partial charge in [-0.15, -0.1) is 0 Å². The molecule has 0 bridgehead atoms. The molecule has 0 aliphatic rings. The molecular formula is C24H33N3O4S. The first-order valence-corrected chi connectivity index (χ1v) is 12.6. The first-order valence-electron chi connectivity index (χ1n) is 10.8. The van der Waals surface area contributed by atoms with Crippen LogP contribution in [-0.4, -0.2) is 50.5 Å². The number of carbonyl (C=O) groups excluding carboxylic acids is 2. The highest BCUT2D eigenvalue weighted by Gasteiger charge is 2.29. The summed E-state index contributed by atoms with van der Waals surface area (Å²) in [4.78, 5) is 27.5. The number of benzene rings is 2. The Morgan fingerprint density at radius 2 is 1.75 bits per heavy atom. The number of sulfonamides is 1. The summed E-state index contributed by atoms with van der Waals surface area (Å²) in [6.07, 6.45) is 2.87. The predicted molar refractivity (Wildman–Crippen MR) is 128 cm³/mol. The topological polar surface area (TPSA) is 86.8 Å². The minimum atomic E-state index is -3.71. The van der Waals surface area contributed by atoms with Gasteiger partial charge in [-0.25, -0.2) is 8.42 Å². The van der Waals surface area contributed by atoms with Crippen molar-refractivity contribution < 1.29 is 18.0 Å². The summed E-state index contributed by atoms with van der Waals surface area (Å²) in [5, 5.41) is 2.86. The van der Waals surface area contributed by atoms with E-state index >= 15 is 0 Å². The summed E-state index contributed by atoms with van der Waals surface area (Å²) in [5.74, 6) is -0.705. The third-order valence-corrected chi connectivity index (χ3v) is 6.30. The molecule has 0 saturated carbocycles. The Kier molecular flexibility index (Phi) is 9.26. The molecule has 0 aliphatic carbocycles. The lowest BCUT2D eigenvalue weighted by molar-refractivity contribution is -0.139. The first kappa shape index (κ1) is 25.4. The van der Waals surface area contributed by atoms with Gasteiger partial charge in [-0.05, 0) is 43.5 Å². The van der Waals surface area contributed by atoms with E-state index in [2.05, 4.69) is 5.32 Å². The number of aryl methyl sites for hydroxylation is 1. The van der Waals surface area contributed by atoms with E-state index in [1.54, 1.807) is 25.1 Å². The predicted octanol–water partition coefficient (Wildman–Crippen LogP) is 3.09. The second kappa shape index (κ2) is 11.7. The van der Waals surface area contributed by atoms with Gasteiger partial charge in [0, 0.05) is 13.1 Å². The van der Waals surface area contributed by atoms with E-state index in [1.807, 2.05) is 50.2 Å². The molecule has 0 heterocycles. The number of rotatable bonds is 11. The van der Waals surface area contributed by atoms with E-state index in [9.17, 15) is 18.0 Å². The van der Waals surface area contributed by atoms with Gasteiger partial charge in [0.2, 0.25) is 21.8 Å². The van der Waals surface area contributed by atoms with Crippen molar-refractivity contribution in [1.82, 2.24) is 10.2 Å². The number of amides is 2. The normalized spacial score (nSPS) is 12.1. The minimum Gasteiger partial charge on any atom is -0.354 e. The number of unbranched alkanes of at least 4 members (excludes halogenated alkanes) is 1. The Bertz CT molecular complexity index is 1010. The van der Waals surface area contributed by atoms with Gasteiger partial charge in [0.25, 0.3) is 0 Å². The van der Waals surface area contributed by atoms with Crippen molar-refractivity contribution in [3.8, 4) is 0 Å². The molecule has 174 valence electrons. The molecule has 1 N–H and O–H groups in total. The van der Waals surface area contributed by atoms with Crippen LogP contribution in [0.3, 0.4) is 0 Å². The van der Waals surface area contributed by atoms with Crippen LogP contribution >= 0.6 is 0 Å². The largest absolute Gasteiger partial charge is 0.354 e. The van der Waals surface area contributed by atoms with Gasteiger partial charge in [-0.1, -0.05) is 55.8 Å². The average molecular weight is 460 g/mol. The molecule has 0 fully saturated rings. The second-order valence-electron chi connectivity index (χ2n) is 7.94. The molecule has 7 nitrogen and oxygen atoms in total. The maximum Gasteiger partial charge on any atom is 0.244 e. The highest BCUT2D eigenvalue weighted by molar-refractivity contribution is 7.92. The molecule has 0 unspecified atom stereocenters. The lowest BCUT2D eigenvalue weighted by Gasteiger charge is -2.31. The summed E-state index contributed by atoms with van der Waals surface area (Å²) < 4.78 is 26.1. The molecule has 0 saturated heterocycles. The molecule has 0 aliphatic heterocycles. The number of hydrogen-bond donors (Lipinski definition) is 1. The van der Waals surface area contributed by atoms with Crippen LogP contribution in [-0.2, 0) is 26.2 Å². The van der Waals surface area contributed by atoms with Gasteiger partial charge >= 0.3 is 0 Å². The molecule has 0 radical (unpaired) electrons. The Morgan fingerprint density at radius 3 is 2.34 bits per heavy atom. The van der Waals surface area contributed by atoms with E-state index in [0.717, 1.165) is 34.5 Å². The number of hydrogen-bond acceptors (Lipinski definition) is 4. The summed E-state index contributed by atoms with van der Waals surface area (Å²) in [7, 11) is -3.71. The number of nitrogens with one attached hydrogen (secondary N) is 1. The quantitative estimate of drug-likeness (QED) is 0.523. The third kappa shape index (κ3) is 7.37. The zero-order chi connectivity index (χ0) is 23.7. The maximum atomic E-state index is 13.4. The molecule has 2 rings (SSSR count).